The van der Waals surface area contributed by atoms with Crippen molar-refractivity contribution < 1.29 is 19.4 Å². The number of aliphatic hydroxyl groups excluding tert-OH is 1. The first-order chi connectivity index (χ1) is 8.56. The molecule has 0 amide bonds. The molecule has 1 N–H and O–H groups in total. The van der Waals surface area contributed by atoms with Crippen LogP contribution in [-0.4, -0.2) is 63.0 Å². The highest BCUT2D eigenvalue weighted by Crippen LogP contribution is 2.12. The van der Waals surface area contributed by atoms with E-state index in [-0.39, 0.29) is 18.6 Å². The van der Waals surface area contributed by atoms with E-state index < -0.39 is 5.92 Å². The van der Waals surface area contributed by atoms with Crippen LogP contribution in [0.5, 0.6) is 0 Å². The quantitative estimate of drug-likeness (QED) is 0.666. The second-order valence-corrected chi connectivity index (χ2v) is 3.94. The highest BCUT2D eigenvalue weighted by atomic mass is 16.5. The van der Waals surface area contributed by atoms with E-state index in [2.05, 4.69) is 0 Å². The van der Waals surface area contributed by atoms with Crippen LogP contribution in [0.2, 0.25) is 0 Å². The molecule has 0 aromatic heterocycles. The second-order valence-electron chi connectivity index (χ2n) is 3.94. The van der Waals surface area contributed by atoms with Gasteiger partial charge in [-0.05, 0) is 27.4 Å². The molecule has 0 saturated carbocycles. The van der Waals surface area contributed by atoms with Gasteiger partial charge >= 0.3 is 5.97 Å². The molecule has 0 fully saturated rings. The van der Waals surface area contributed by atoms with E-state index in [0.29, 0.717) is 19.6 Å². The minimum atomic E-state index is -0.470. The van der Waals surface area contributed by atoms with Gasteiger partial charge in [0.2, 0.25) is 0 Å². The van der Waals surface area contributed by atoms with Crippen LogP contribution in [0, 0.1) is 5.92 Å². The fourth-order valence-corrected chi connectivity index (χ4v) is 1.45. The van der Waals surface area contributed by atoms with Crippen LogP contribution in [0.1, 0.15) is 27.2 Å². The zero-order valence-electron chi connectivity index (χ0n) is 12.6. The topological polar surface area (TPSA) is 59.0 Å². The molecule has 0 aliphatic rings. The molecule has 0 bridgehead atoms. The summed E-state index contributed by atoms with van der Waals surface area (Å²) in [6, 6.07) is 0.103. The summed E-state index contributed by atoms with van der Waals surface area (Å²) < 4.78 is 9.97. The summed E-state index contributed by atoms with van der Waals surface area (Å²) >= 11 is 0. The molecule has 0 heterocycles. The molecule has 0 aliphatic heterocycles. The number of hydrogen-bond acceptors (Lipinski definition) is 5. The molecule has 5 heteroatoms. The number of rotatable bonds is 8. The van der Waals surface area contributed by atoms with E-state index in [1.165, 1.54) is 0 Å². The highest BCUT2D eigenvalue weighted by Gasteiger charge is 2.24. The number of methoxy groups -OCH3 is 1. The van der Waals surface area contributed by atoms with Crippen LogP contribution in [-0.2, 0) is 14.3 Å². The predicted molar refractivity (Wildman–Crippen MR) is 72.5 cm³/mol. The van der Waals surface area contributed by atoms with E-state index in [4.69, 9.17) is 14.6 Å². The minimum Gasteiger partial charge on any atom is -0.466 e. The van der Waals surface area contributed by atoms with Gasteiger partial charge in [-0.1, -0.05) is 13.8 Å². The van der Waals surface area contributed by atoms with Gasteiger partial charge < -0.3 is 19.5 Å². The fourth-order valence-electron chi connectivity index (χ4n) is 1.45. The SMILES string of the molecule is CC.CCOC(=O)C(CO)CC(COC)N(C)C. The fraction of sp³-hybridized carbons (Fsp3) is 0.923. The molecule has 0 radical (unpaired) electrons. The summed E-state index contributed by atoms with van der Waals surface area (Å²) in [5.74, 6) is -0.810. The van der Waals surface area contributed by atoms with Crippen molar-refractivity contribution in [3.63, 3.8) is 0 Å². The molecule has 2 unspecified atom stereocenters. The molecular weight excluding hydrogens is 234 g/mol. The van der Waals surface area contributed by atoms with Crippen molar-refractivity contribution in [2.45, 2.75) is 33.2 Å². The van der Waals surface area contributed by atoms with Crippen LogP contribution in [0.15, 0.2) is 0 Å². The largest absolute Gasteiger partial charge is 0.466 e. The summed E-state index contributed by atoms with van der Waals surface area (Å²) in [7, 11) is 5.46. The lowest BCUT2D eigenvalue weighted by molar-refractivity contribution is -0.150. The Bertz CT molecular complexity index is 197. The predicted octanol–water partition coefficient (Wildman–Crippen LogP) is 1.15. The Labute approximate surface area is 111 Å². The smallest absolute Gasteiger partial charge is 0.311 e. The van der Waals surface area contributed by atoms with Gasteiger partial charge in [-0.2, -0.15) is 0 Å². The highest BCUT2D eigenvalue weighted by molar-refractivity contribution is 5.72. The van der Waals surface area contributed by atoms with Crippen molar-refractivity contribution in [2.75, 3.05) is 41.0 Å². The number of likely N-dealkylation sites (N-methyl/N-ethyl adjacent to an activating group) is 1. The van der Waals surface area contributed by atoms with Crippen molar-refractivity contribution in [3.05, 3.63) is 0 Å². The maximum Gasteiger partial charge on any atom is 0.311 e. The molecule has 0 saturated heterocycles. The molecule has 110 valence electrons. The molecule has 2 atom stereocenters. The van der Waals surface area contributed by atoms with E-state index in [0.717, 1.165) is 0 Å². The summed E-state index contributed by atoms with van der Waals surface area (Å²) in [5.41, 5.74) is 0. The first kappa shape index (κ1) is 19.7. The Kier molecular flexibility index (Phi) is 14.0. The van der Waals surface area contributed by atoms with E-state index >= 15 is 0 Å². The average molecular weight is 263 g/mol. The van der Waals surface area contributed by atoms with Crippen molar-refractivity contribution >= 4 is 5.97 Å². The van der Waals surface area contributed by atoms with Gasteiger partial charge in [0.15, 0.2) is 0 Å². The van der Waals surface area contributed by atoms with Crippen molar-refractivity contribution in [1.29, 1.82) is 0 Å². The molecule has 0 aromatic carbocycles. The normalized spacial score (nSPS) is 13.6. The monoisotopic (exact) mass is 263 g/mol. The molecule has 5 nitrogen and oxygen atoms in total. The summed E-state index contributed by atoms with van der Waals surface area (Å²) in [6.07, 6.45) is 0.538. The number of hydrogen-bond donors (Lipinski definition) is 1. The molecule has 18 heavy (non-hydrogen) atoms. The third-order valence-corrected chi connectivity index (χ3v) is 2.49. The molecule has 0 spiro atoms. The maximum atomic E-state index is 11.5. The van der Waals surface area contributed by atoms with Gasteiger partial charge in [0.1, 0.15) is 0 Å². The molecule has 0 aliphatic carbocycles. The van der Waals surface area contributed by atoms with Crippen LogP contribution < -0.4 is 0 Å². The van der Waals surface area contributed by atoms with Crippen LogP contribution in [0.3, 0.4) is 0 Å². The Morgan fingerprint density at radius 3 is 2.22 bits per heavy atom. The number of aliphatic hydroxyl groups is 1. The Morgan fingerprint density at radius 2 is 1.89 bits per heavy atom. The van der Waals surface area contributed by atoms with Gasteiger partial charge in [-0.3, -0.25) is 4.79 Å². The Morgan fingerprint density at radius 1 is 1.33 bits per heavy atom. The van der Waals surface area contributed by atoms with E-state index in [1.807, 2.05) is 32.8 Å². The summed E-state index contributed by atoms with van der Waals surface area (Å²) in [5, 5.41) is 9.16. The van der Waals surface area contributed by atoms with Crippen molar-refractivity contribution in [2.24, 2.45) is 5.92 Å². The van der Waals surface area contributed by atoms with Crippen molar-refractivity contribution in [1.82, 2.24) is 4.90 Å². The average Bonchev–Trinajstić information content (AvgIpc) is 2.36. The number of carbonyl (C=O) groups is 1. The number of nitrogens with zero attached hydrogens (tertiary/aromatic N) is 1. The van der Waals surface area contributed by atoms with Gasteiger partial charge in [-0.25, -0.2) is 0 Å². The Balaban J connectivity index is 0. The summed E-state index contributed by atoms with van der Waals surface area (Å²) in [4.78, 5) is 13.5. The first-order valence-corrected chi connectivity index (χ1v) is 6.49. The lowest BCUT2D eigenvalue weighted by Crippen LogP contribution is -2.37. The number of ether oxygens (including phenoxy) is 2. The molecule has 0 rings (SSSR count). The van der Waals surface area contributed by atoms with E-state index in [9.17, 15) is 4.79 Å². The second kappa shape index (κ2) is 12.8. The third kappa shape index (κ3) is 8.44. The lowest BCUT2D eigenvalue weighted by Gasteiger charge is -2.26. The van der Waals surface area contributed by atoms with Crippen LogP contribution in [0.4, 0.5) is 0 Å². The first-order valence-electron chi connectivity index (χ1n) is 6.49. The Hall–Kier alpha value is -0.650. The summed E-state index contributed by atoms with van der Waals surface area (Å²) in [6.45, 7) is 6.44. The van der Waals surface area contributed by atoms with Gasteiger partial charge in [0.25, 0.3) is 0 Å². The zero-order chi connectivity index (χ0) is 14.6. The zero-order valence-corrected chi connectivity index (χ0v) is 12.6. The van der Waals surface area contributed by atoms with Gasteiger partial charge in [-0.15, -0.1) is 0 Å². The van der Waals surface area contributed by atoms with Gasteiger partial charge in [0, 0.05) is 13.2 Å². The number of esters is 1. The standard InChI is InChI=1S/C11H23NO4.C2H6/c1-5-16-11(14)9(7-13)6-10(8-15-4)12(2)3;1-2/h9-10,13H,5-8H2,1-4H3;1-2H3. The third-order valence-electron chi connectivity index (χ3n) is 2.49. The maximum absolute atomic E-state index is 11.5. The minimum absolute atomic E-state index is 0.103. The molecular formula is C13H29NO4. The van der Waals surface area contributed by atoms with Gasteiger partial charge in [0.05, 0.1) is 25.7 Å². The van der Waals surface area contributed by atoms with E-state index in [1.54, 1.807) is 14.0 Å². The van der Waals surface area contributed by atoms with Crippen LogP contribution >= 0.6 is 0 Å². The molecule has 0 aromatic rings. The van der Waals surface area contributed by atoms with Crippen molar-refractivity contribution in [3.8, 4) is 0 Å². The van der Waals surface area contributed by atoms with Crippen LogP contribution in [0.25, 0.3) is 0 Å². The number of carbonyl (C=O) groups excluding carboxylic acids is 1. The lowest BCUT2D eigenvalue weighted by atomic mass is 10.0.